The molecule has 1 aliphatic rings. The Hall–Kier alpha value is -0.420. The van der Waals surface area contributed by atoms with Crippen LogP contribution in [0.5, 0.6) is 0 Å². The van der Waals surface area contributed by atoms with Crippen molar-refractivity contribution in [1.29, 1.82) is 0 Å². The van der Waals surface area contributed by atoms with Gasteiger partial charge in [0.05, 0.1) is 6.54 Å². The third-order valence-electron chi connectivity index (χ3n) is 1.69. The van der Waals surface area contributed by atoms with Crippen LogP contribution in [0.3, 0.4) is 0 Å². The van der Waals surface area contributed by atoms with E-state index in [4.69, 9.17) is 19.9 Å². The van der Waals surface area contributed by atoms with E-state index < -0.39 is 5.79 Å². The summed E-state index contributed by atoms with van der Waals surface area (Å²) in [5, 5.41) is 0. The summed E-state index contributed by atoms with van der Waals surface area (Å²) in [6.45, 7) is 0.292. The van der Waals surface area contributed by atoms with Crippen LogP contribution < -0.4 is 5.73 Å². The Labute approximate surface area is 65.9 Å². The van der Waals surface area contributed by atoms with Crippen LogP contribution in [0, 0.1) is 0 Å². The fraction of sp³-hybridized carbons (Fsp3) is 0.714. The minimum atomic E-state index is -0.777. The van der Waals surface area contributed by atoms with Crippen molar-refractivity contribution < 1.29 is 14.2 Å². The summed E-state index contributed by atoms with van der Waals surface area (Å²) in [6.07, 6.45) is 3.20. The van der Waals surface area contributed by atoms with E-state index in [0.717, 1.165) is 0 Å². The van der Waals surface area contributed by atoms with Gasteiger partial charge < -0.3 is 19.9 Å². The molecular formula is C7H13NO3. The van der Waals surface area contributed by atoms with Crippen LogP contribution in [-0.4, -0.2) is 32.8 Å². The molecule has 0 saturated heterocycles. The Kier molecular flexibility index (Phi) is 2.62. The van der Waals surface area contributed by atoms with E-state index in [1.807, 2.05) is 0 Å². The number of nitrogens with two attached hydrogens (primary N) is 1. The van der Waals surface area contributed by atoms with Gasteiger partial charge in [0.2, 0.25) is 5.79 Å². The van der Waals surface area contributed by atoms with Gasteiger partial charge in [-0.05, 0) is 12.2 Å². The highest BCUT2D eigenvalue weighted by molar-refractivity contribution is 5.05. The van der Waals surface area contributed by atoms with Crippen molar-refractivity contribution in [1.82, 2.24) is 0 Å². The van der Waals surface area contributed by atoms with Crippen molar-refractivity contribution >= 4 is 0 Å². The van der Waals surface area contributed by atoms with E-state index in [-0.39, 0.29) is 6.29 Å². The lowest BCUT2D eigenvalue weighted by Crippen LogP contribution is -2.40. The molecule has 0 aromatic carbocycles. The molecule has 64 valence electrons. The van der Waals surface area contributed by atoms with Crippen molar-refractivity contribution in [3.8, 4) is 0 Å². The Morgan fingerprint density at radius 2 is 2.36 bits per heavy atom. The van der Waals surface area contributed by atoms with E-state index in [9.17, 15) is 0 Å². The van der Waals surface area contributed by atoms with Gasteiger partial charge in [-0.15, -0.1) is 0 Å². The lowest BCUT2D eigenvalue weighted by Gasteiger charge is -2.24. The normalized spacial score (nSPS) is 36.5. The van der Waals surface area contributed by atoms with E-state index in [1.54, 1.807) is 26.4 Å². The summed E-state index contributed by atoms with van der Waals surface area (Å²) in [6, 6.07) is 0. The second-order valence-electron chi connectivity index (χ2n) is 2.30. The van der Waals surface area contributed by atoms with Crippen molar-refractivity contribution in [2.75, 3.05) is 20.8 Å². The SMILES string of the molecule is CO[C@H]1C=C[C@](CN)(OC)O1. The molecule has 2 N–H and O–H groups in total. The molecule has 0 bridgehead atoms. The van der Waals surface area contributed by atoms with Gasteiger partial charge in [0.25, 0.3) is 0 Å². The molecular weight excluding hydrogens is 146 g/mol. The van der Waals surface area contributed by atoms with Crippen molar-refractivity contribution in [2.24, 2.45) is 5.73 Å². The molecule has 0 fully saturated rings. The van der Waals surface area contributed by atoms with Crippen LogP contribution in [0.15, 0.2) is 12.2 Å². The van der Waals surface area contributed by atoms with Crippen LogP contribution in [0.1, 0.15) is 0 Å². The third-order valence-corrected chi connectivity index (χ3v) is 1.69. The van der Waals surface area contributed by atoms with Gasteiger partial charge in [-0.1, -0.05) is 0 Å². The molecule has 11 heavy (non-hydrogen) atoms. The Balaban J connectivity index is 2.57. The van der Waals surface area contributed by atoms with Gasteiger partial charge in [-0.2, -0.15) is 0 Å². The lowest BCUT2D eigenvalue weighted by molar-refractivity contribution is -0.236. The zero-order chi connectivity index (χ0) is 8.32. The van der Waals surface area contributed by atoms with Crippen LogP contribution in [-0.2, 0) is 14.2 Å². The highest BCUT2D eigenvalue weighted by Crippen LogP contribution is 2.22. The van der Waals surface area contributed by atoms with Gasteiger partial charge in [-0.3, -0.25) is 0 Å². The summed E-state index contributed by atoms with van der Waals surface area (Å²) < 4.78 is 15.3. The van der Waals surface area contributed by atoms with Gasteiger partial charge >= 0.3 is 0 Å². The number of hydrogen-bond acceptors (Lipinski definition) is 4. The van der Waals surface area contributed by atoms with Crippen LogP contribution >= 0.6 is 0 Å². The monoisotopic (exact) mass is 159 g/mol. The predicted molar refractivity (Wildman–Crippen MR) is 39.8 cm³/mol. The topological polar surface area (TPSA) is 53.7 Å². The molecule has 2 atom stereocenters. The summed E-state index contributed by atoms with van der Waals surface area (Å²) in [4.78, 5) is 0. The third kappa shape index (κ3) is 1.59. The maximum Gasteiger partial charge on any atom is 0.203 e. The van der Waals surface area contributed by atoms with Gasteiger partial charge in [0.1, 0.15) is 0 Å². The number of rotatable bonds is 3. The largest absolute Gasteiger partial charge is 0.352 e. The predicted octanol–water partition coefficient (Wildman–Crippen LogP) is -0.153. The molecule has 0 saturated carbocycles. The molecule has 4 nitrogen and oxygen atoms in total. The minimum Gasteiger partial charge on any atom is -0.352 e. The average Bonchev–Trinajstić information content (AvgIpc) is 2.49. The van der Waals surface area contributed by atoms with Crippen LogP contribution in [0.25, 0.3) is 0 Å². The van der Waals surface area contributed by atoms with Gasteiger partial charge in [0, 0.05) is 14.2 Å². The van der Waals surface area contributed by atoms with E-state index >= 15 is 0 Å². The first kappa shape index (κ1) is 8.67. The van der Waals surface area contributed by atoms with Crippen molar-refractivity contribution in [2.45, 2.75) is 12.1 Å². The Morgan fingerprint density at radius 3 is 2.64 bits per heavy atom. The van der Waals surface area contributed by atoms with E-state index in [1.165, 1.54) is 0 Å². The average molecular weight is 159 g/mol. The maximum absolute atomic E-state index is 5.44. The molecule has 1 heterocycles. The fourth-order valence-corrected chi connectivity index (χ4v) is 0.943. The van der Waals surface area contributed by atoms with Gasteiger partial charge in [-0.25, -0.2) is 0 Å². The second kappa shape index (κ2) is 3.32. The van der Waals surface area contributed by atoms with E-state index in [0.29, 0.717) is 6.54 Å². The molecule has 1 rings (SSSR count). The zero-order valence-corrected chi connectivity index (χ0v) is 6.74. The Morgan fingerprint density at radius 1 is 1.64 bits per heavy atom. The number of ether oxygens (including phenoxy) is 3. The lowest BCUT2D eigenvalue weighted by atomic mass is 10.3. The zero-order valence-electron chi connectivity index (χ0n) is 6.74. The maximum atomic E-state index is 5.44. The first-order valence-electron chi connectivity index (χ1n) is 3.41. The summed E-state index contributed by atoms with van der Waals surface area (Å²) in [5.74, 6) is -0.777. The molecule has 0 unspecified atom stereocenters. The van der Waals surface area contributed by atoms with Crippen molar-refractivity contribution in [3.05, 3.63) is 12.2 Å². The smallest absolute Gasteiger partial charge is 0.203 e. The summed E-state index contributed by atoms with van der Waals surface area (Å²) in [7, 11) is 3.12. The standard InChI is InChI=1S/C7H13NO3/c1-9-6-3-4-7(5-8,10-2)11-6/h3-4,6H,5,8H2,1-2H3/t6-,7+/m1/s1. The highest BCUT2D eigenvalue weighted by Gasteiger charge is 2.34. The Bertz CT molecular complexity index is 154. The minimum absolute atomic E-state index is 0.292. The molecule has 0 aromatic rings. The van der Waals surface area contributed by atoms with Crippen molar-refractivity contribution in [3.63, 3.8) is 0 Å². The summed E-state index contributed by atoms with van der Waals surface area (Å²) >= 11 is 0. The highest BCUT2D eigenvalue weighted by atomic mass is 16.8. The first-order valence-corrected chi connectivity index (χ1v) is 3.41. The molecule has 0 aromatic heterocycles. The molecule has 0 radical (unpaired) electrons. The molecule has 1 aliphatic heterocycles. The first-order chi connectivity index (χ1) is 5.26. The molecule has 0 amide bonds. The molecule has 4 heteroatoms. The molecule has 0 aliphatic carbocycles. The fourth-order valence-electron chi connectivity index (χ4n) is 0.943. The van der Waals surface area contributed by atoms with E-state index in [2.05, 4.69) is 0 Å². The van der Waals surface area contributed by atoms with Crippen LogP contribution in [0.2, 0.25) is 0 Å². The number of hydrogen-bond donors (Lipinski definition) is 1. The second-order valence-corrected chi connectivity index (χ2v) is 2.30. The summed E-state index contributed by atoms with van der Waals surface area (Å²) in [5.41, 5.74) is 5.44. The number of methoxy groups -OCH3 is 2. The quantitative estimate of drug-likeness (QED) is 0.582. The van der Waals surface area contributed by atoms with Gasteiger partial charge in [0.15, 0.2) is 6.29 Å². The van der Waals surface area contributed by atoms with Crippen LogP contribution in [0.4, 0.5) is 0 Å². The molecule has 0 spiro atoms.